The third-order valence-electron chi connectivity index (χ3n) is 3.10. The van der Waals surface area contributed by atoms with E-state index in [9.17, 15) is 4.79 Å². The fourth-order valence-corrected chi connectivity index (χ4v) is 2.65. The van der Waals surface area contributed by atoms with Gasteiger partial charge in [-0.05, 0) is 24.4 Å². The van der Waals surface area contributed by atoms with E-state index in [1.807, 2.05) is 24.4 Å². The van der Waals surface area contributed by atoms with E-state index in [1.54, 1.807) is 29.2 Å². The molecule has 3 aromatic heterocycles. The van der Waals surface area contributed by atoms with Crippen molar-refractivity contribution in [1.82, 2.24) is 14.7 Å². The summed E-state index contributed by atoms with van der Waals surface area (Å²) in [5.41, 5.74) is -0.0525. The van der Waals surface area contributed by atoms with E-state index in [4.69, 9.17) is 9.26 Å². The van der Waals surface area contributed by atoms with Crippen molar-refractivity contribution >= 4 is 21.4 Å². The largest absolute Gasteiger partial charge is 0.374 e. The average molecular weight is 291 g/mol. The third-order valence-corrected chi connectivity index (χ3v) is 3.98. The fourth-order valence-electron chi connectivity index (χ4n) is 1.88. The van der Waals surface area contributed by atoms with Gasteiger partial charge in [0, 0.05) is 18.0 Å². The van der Waals surface area contributed by atoms with E-state index < -0.39 is 0 Å². The van der Waals surface area contributed by atoms with Crippen molar-refractivity contribution in [1.29, 1.82) is 0 Å². The Morgan fingerprint density at radius 2 is 2.35 bits per heavy atom. The Balaban J connectivity index is 1.91. The molecular weight excluding hydrogens is 278 g/mol. The van der Waals surface area contributed by atoms with Crippen LogP contribution in [0.1, 0.15) is 24.7 Å². The maximum atomic E-state index is 12.2. The number of hydrogen-bond donors (Lipinski definition) is 0. The molecular formula is C13H13N3O3S. The topological polar surface area (TPSA) is 70.2 Å². The number of aromatic nitrogens is 3. The van der Waals surface area contributed by atoms with Crippen molar-refractivity contribution in [3.8, 4) is 0 Å². The average Bonchev–Trinajstić information content (AvgIpc) is 3.10. The molecule has 0 amide bonds. The molecule has 3 heterocycles. The van der Waals surface area contributed by atoms with Crippen LogP contribution >= 0.6 is 11.3 Å². The Bertz CT molecular complexity index is 789. The number of rotatable bonds is 4. The van der Waals surface area contributed by atoms with Gasteiger partial charge < -0.3 is 13.8 Å². The highest BCUT2D eigenvalue weighted by Gasteiger charge is 2.14. The van der Waals surface area contributed by atoms with Crippen LogP contribution in [0.2, 0.25) is 0 Å². The molecule has 1 unspecified atom stereocenters. The minimum atomic E-state index is -0.233. The molecule has 7 heteroatoms. The summed E-state index contributed by atoms with van der Waals surface area (Å²) in [4.78, 5) is 16.5. The first-order chi connectivity index (χ1) is 9.69. The molecule has 0 fully saturated rings. The number of fused-ring (bicyclic) bond motifs is 1. The summed E-state index contributed by atoms with van der Waals surface area (Å²) in [7, 11) is 1.58. The summed E-state index contributed by atoms with van der Waals surface area (Å²) in [6.07, 6.45) is 1.51. The first-order valence-electron chi connectivity index (χ1n) is 6.11. The van der Waals surface area contributed by atoms with Gasteiger partial charge in [-0.1, -0.05) is 5.16 Å². The van der Waals surface area contributed by atoms with Crippen LogP contribution in [0.15, 0.2) is 33.0 Å². The monoisotopic (exact) mass is 291 g/mol. The molecule has 0 aliphatic heterocycles. The molecule has 1 atom stereocenters. The summed E-state index contributed by atoms with van der Waals surface area (Å²) in [5.74, 6) is 0.868. The van der Waals surface area contributed by atoms with Crippen molar-refractivity contribution in [3.05, 3.63) is 45.8 Å². The molecule has 0 saturated carbocycles. The van der Waals surface area contributed by atoms with E-state index in [-0.39, 0.29) is 18.2 Å². The summed E-state index contributed by atoms with van der Waals surface area (Å²) in [5, 5.41) is 6.46. The van der Waals surface area contributed by atoms with Gasteiger partial charge in [-0.3, -0.25) is 4.79 Å². The Hall–Kier alpha value is -1.99. The van der Waals surface area contributed by atoms with Crippen LogP contribution < -0.4 is 5.56 Å². The Morgan fingerprint density at radius 1 is 1.50 bits per heavy atom. The molecule has 0 aliphatic carbocycles. The van der Waals surface area contributed by atoms with Crippen LogP contribution in [0, 0.1) is 0 Å². The Morgan fingerprint density at radius 3 is 3.15 bits per heavy atom. The summed E-state index contributed by atoms with van der Waals surface area (Å²) in [6.45, 7) is 2.09. The minimum absolute atomic E-state index is 0.0525. The van der Waals surface area contributed by atoms with Crippen molar-refractivity contribution < 1.29 is 9.26 Å². The van der Waals surface area contributed by atoms with Gasteiger partial charge in [0.05, 0.1) is 5.39 Å². The second-order valence-corrected chi connectivity index (χ2v) is 5.32. The van der Waals surface area contributed by atoms with Gasteiger partial charge in [-0.15, -0.1) is 11.3 Å². The molecule has 0 N–H and O–H groups in total. The molecule has 0 aliphatic rings. The SMILES string of the molecule is COC(C)c1noc(Cn2ccc3sccc3c2=O)n1. The van der Waals surface area contributed by atoms with Gasteiger partial charge in [0.1, 0.15) is 12.6 Å². The quantitative estimate of drug-likeness (QED) is 0.737. The second-order valence-electron chi connectivity index (χ2n) is 4.37. The molecule has 20 heavy (non-hydrogen) atoms. The number of thiophene rings is 1. The molecule has 0 spiro atoms. The van der Waals surface area contributed by atoms with E-state index in [0.29, 0.717) is 17.1 Å². The van der Waals surface area contributed by atoms with Gasteiger partial charge in [0.25, 0.3) is 5.56 Å². The first kappa shape index (κ1) is 13.0. The number of methoxy groups -OCH3 is 1. The lowest BCUT2D eigenvalue weighted by atomic mass is 10.3. The zero-order valence-electron chi connectivity index (χ0n) is 11.1. The molecule has 104 valence electrons. The molecule has 3 rings (SSSR count). The number of ether oxygens (including phenoxy) is 1. The molecule has 3 aromatic rings. The second kappa shape index (κ2) is 5.18. The lowest BCUT2D eigenvalue weighted by Crippen LogP contribution is -2.19. The summed E-state index contributed by atoms with van der Waals surface area (Å²) in [6, 6.07) is 3.74. The smallest absolute Gasteiger partial charge is 0.259 e. The van der Waals surface area contributed by atoms with Crippen molar-refractivity contribution in [2.45, 2.75) is 19.6 Å². The van der Waals surface area contributed by atoms with Crippen LogP contribution in [0.5, 0.6) is 0 Å². The molecule has 0 radical (unpaired) electrons. The van der Waals surface area contributed by atoms with Gasteiger partial charge in [0.2, 0.25) is 5.89 Å². The maximum Gasteiger partial charge on any atom is 0.259 e. The fraction of sp³-hybridized carbons (Fsp3) is 0.308. The van der Waals surface area contributed by atoms with E-state index >= 15 is 0 Å². The zero-order chi connectivity index (χ0) is 14.1. The lowest BCUT2D eigenvalue weighted by Gasteiger charge is -2.02. The van der Waals surface area contributed by atoms with Crippen molar-refractivity contribution in [2.24, 2.45) is 0 Å². The predicted molar refractivity (Wildman–Crippen MR) is 74.9 cm³/mol. The van der Waals surface area contributed by atoms with E-state index in [0.717, 1.165) is 4.70 Å². The minimum Gasteiger partial charge on any atom is -0.374 e. The van der Waals surface area contributed by atoms with Crippen LogP contribution in [0.3, 0.4) is 0 Å². The van der Waals surface area contributed by atoms with E-state index in [2.05, 4.69) is 10.1 Å². The number of hydrogen-bond acceptors (Lipinski definition) is 6. The van der Waals surface area contributed by atoms with Gasteiger partial charge in [-0.25, -0.2) is 0 Å². The third kappa shape index (κ3) is 2.25. The highest BCUT2D eigenvalue weighted by atomic mass is 32.1. The standard InChI is InChI=1S/C13H13N3O3S/c1-8(18-2)12-14-11(19-15-12)7-16-5-3-10-9(13(16)17)4-6-20-10/h3-6,8H,7H2,1-2H3. The van der Waals surface area contributed by atoms with Crippen LogP contribution in [0.25, 0.3) is 10.1 Å². The molecule has 0 bridgehead atoms. The predicted octanol–water partition coefficient (Wildman–Crippen LogP) is 2.20. The van der Waals surface area contributed by atoms with Gasteiger partial charge >= 0.3 is 0 Å². The Labute approximate surface area is 118 Å². The molecule has 0 saturated heterocycles. The maximum absolute atomic E-state index is 12.2. The number of pyridine rings is 1. The van der Waals surface area contributed by atoms with Crippen LogP contribution in [-0.4, -0.2) is 21.8 Å². The normalized spacial score (nSPS) is 12.9. The zero-order valence-corrected chi connectivity index (χ0v) is 11.9. The first-order valence-corrected chi connectivity index (χ1v) is 6.99. The lowest BCUT2D eigenvalue weighted by molar-refractivity contribution is 0.109. The molecule has 6 nitrogen and oxygen atoms in total. The Kier molecular flexibility index (Phi) is 3.37. The highest BCUT2D eigenvalue weighted by Crippen LogP contribution is 2.17. The molecule has 0 aromatic carbocycles. The van der Waals surface area contributed by atoms with Gasteiger partial charge in [-0.2, -0.15) is 4.98 Å². The van der Waals surface area contributed by atoms with Crippen LogP contribution in [0.4, 0.5) is 0 Å². The number of nitrogens with zero attached hydrogens (tertiary/aromatic N) is 3. The van der Waals surface area contributed by atoms with E-state index in [1.165, 1.54) is 0 Å². The summed E-state index contributed by atoms with van der Waals surface area (Å²) >= 11 is 1.55. The van der Waals surface area contributed by atoms with Crippen molar-refractivity contribution in [2.75, 3.05) is 7.11 Å². The highest BCUT2D eigenvalue weighted by molar-refractivity contribution is 7.17. The van der Waals surface area contributed by atoms with Gasteiger partial charge in [0.15, 0.2) is 5.82 Å². The van der Waals surface area contributed by atoms with Crippen LogP contribution in [-0.2, 0) is 11.3 Å². The van der Waals surface area contributed by atoms with Crippen molar-refractivity contribution in [3.63, 3.8) is 0 Å². The summed E-state index contributed by atoms with van der Waals surface area (Å²) < 4.78 is 12.8.